The van der Waals surface area contributed by atoms with E-state index in [-0.39, 0.29) is 11.9 Å². The SMILES string of the molecule is C#CCC(CC)Nc1ncc(F)cc1F. The van der Waals surface area contributed by atoms with Gasteiger partial charge >= 0.3 is 0 Å². The van der Waals surface area contributed by atoms with Crippen LogP contribution in [0.5, 0.6) is 0 Å². The van der Waals surface area contributed by atoms with Crippen LogP contribution >= 0.6 is 0 Å². The molecule has 0 bridgehead atoms. The predicted octanol–water partition coefficient (Wildman–Crippen LogP) is 2.57. The van der Waals surface area contributed by atoms with E-state index < -0.39 is 11.6 Å². The van der Waals surface area contributed by atoms with E-state index in [9.17, 15) is 8.78 Å². The summed E-state index contributed by atoms with van der Waals surface area (Å²) in [7, 11) is 0. The summed E-state index contributed by atoms with van der Waals surface area (Å²) in [5, 5.41) is 2.83. The lowest BCUT2D eigenvalue weighted by molar-refractivity contribution is 0.571. The quantitative estimate of drug-likeness (QED) is 0.772. The van der Waals surface area contributed by atoms with E-state index in [0.29, 0.717) is 6.42 Å². The van der Waals surface area contributed by atoms with Gasteiger partial charge in [0.1, 0.15) is 5.82 Å². The molecule has 1 aromatic heterocycles. The minimum absolute atomic E-state index is 0.0394. The Hall–Kier alpha value is -1.63. The average Bonchev–Trinajstić information content (AvgIpc) is 2.21. The Kier molecular flexibility index (Phi) is 4.04. The molecular weight excluding hydrogens is 198 g/mol. The molecule has 1 aromatic rings. The zero-order chi connectivity index (χ0) is 11.3. The summed E-state index contributed by atoms with van der Waals surface area (Å²) in [6.45, 7) is 1.93. The van der Waals surface area contributed by atoms with Crippen molar-refractivity contribution in [3.05, 3.63) is 23.9 Å². The fourth-order valence-corrected chi connectivity index (χ4v) is 1.15. The van der Waals surface area contributed by atoms with Crippen molar-refractivity contribution in [2.75, 3.05) is 5.32 Å². The fourth-order valence-electron chi connectivity index (χ4n) is 1.15. The lowest BCUT2D eigenvalue weighted by Crippen LogP contribution is -2.19. The molecule has 1 atom stereocenters. The number of nitrogens with one attached hydrogen (secondary N) is 1. The van der Waals surface area contributed by atoms with E-state index in [1.807, 2.05) is 6.92 Å². The summed E-state index contributed by atoms with van der Waals surface area (Å²) in [5.41, 5.74) is 0. The Bertz CT molecular complexity index is 371. The molecule has 80 valence electrons. The number of terminal acetylenes is 1. The van der Waals surface area contributed by atoms with Crippen LogP contribution in [0.1, 0.15) is 19.8 Å². The van der Waals surface area contributed by atoms with E-state index in [2.05, 4.69) is 16.2 Å². The van der Waals surface area contributed by atoms with Crippen LogP contribution in [0.15, 0.2) is 12.3 Å². The molecule has 0 spiro atoms. The zero-order valence-corrected chi connectivity index (χ0v) is 8.43. The molecule has 1 unspecified atom stereocenters. The molecule has 0 aliphatic carbocycles. The highest BCUT2D eigenvalue weighted by Gasteiger charge is 2.09. The lowest BCUT2D eigenvalue weighted by Gasteiger charge is -2.14. The normalized spacial score (nSPS) is 11.9. The highest BCUT2D eigenvalue weighted by molar-refractivity contribution is 5.37. The Labute approximate surface area is 87.7 Å². The number of nitrogens with zero attached hydrogens (tertiary/aromatic N) is 1. The summed E-state index contributed by atoms with van der Waals surface area (Å²) in [4.78, 5) is 3.62. The van der Waals surface area contributed by atoms with Crippen LogP contribution in [-0.2, 0) is 0 Å². The molecular formula is C11H12F2N2. The number of hydrogen-bond acceptors (Lipinski definition) is 2. The number of anilines is 1. The van der Waals surface area contributed by atoms with Crippen molar-refractivity contribution >= 4 is 5.82 Å². The molecule has 4 heteroatoms. The standard InChI is InChI=1S/C11H12F2N2/c1-3-5-9(4-2)15-11-10(13)6-8(12)7-14-11/h1,6-7,9H,4-5H2,2H3,(H,14,15). The second-order valence-electron chi connectivity index (χ2n) is 3.14. The van der Waals surface area contributed by atoms with Crippen LogP contribution in [0.25, 0.3) is 0 Å². The van der Waals surface area contributed by atoms with E-state index in [0.717, 1.165) is 18.7 Å². The van der Waals surface area contributed by atoms with E-state index in [1.165, 1.54) is 0 Å². The number of rotatable bonds is 4. The van der Waals surface area contributed by atoms with Crippen LogP contribution in [0.4, 0.5) is 14.6 Å². The first-order valence-electron chi connectivity index (χ1n) is 4.68. The monoisotopic (exact) mass is 210 g/mol. The summed E-state index contributed by atoms with van der Waals surface area (Å²) < 4.78 is 25.7. The third-order valence-corrected chi connectivity index (χ3v) is 2.01. The van der Waals surface area contributed by atoms with Crippen molar-refractivity contribution in [1.29, 1.82) is 0 Å². The summed E-state index contributed by atoms with van der Waals surface area (Å²) in [6, 6.07) is 0.750. The zero-order valence-electron chi connectivity index (χ0n) is 8.43. The van der Waals surface area contributed by atoms with Crippen molar-refractivity contribution in [2.45, 2.75) is 25.8 Å². The van der Waals surface area contributed by atoms with Gasteiger partial charge in [-0.3, -0.25) is 0 Å². The molecule has 0 radical (unpaired) electrons. The van der Waals surface area contributed by atoms with Crippen molar-refractivity contribution < 1.29 is 8.78 Å². The Morgan fingerprint density at radius 3 is 2.87 bits per heavy atom. The van der Waals surface area contributed by atoms with E-state index in [1.54, 1.807) is 0 Å². The van der Waals surface area contributed by atoms with Gasteiger partial charge in [-0.05, 0) is 6.42 Å². The van der Waals surface area contributed by atoms with Crippen LogP contribution in [0.2, 0.25) is 0 Å². The first-order chi connectivity index (χ1) is 7.17. The van der Waals surface area contributed by atoms with Crippen molar-refractivity contribution in [3.8, 4) is 12.3 Å². The fraction of sp³-hybridized carbons (Fsp3) is 0.364. The Morgan fingerprint density at radius 1 is 1.60 bits per heavy atom. The number of pyridine rings is 1. The molecule has 15 heavy (non-hydrogen) atoms. The highest BCUT2D eigenvalue weighted by atomic mass is 19.1. The number of halogens is 2. The van der Waals surface area contributed by atoms with Crippen molar-refractivity contribution in [1.82, 2.24) is 4.98 Å². The number of hydrogen-bond donors (Lipinski definition) is 1. The second-order valence-corrected chi connectivity index (χ2v) is 3.14. The minimum atomic E-state index is -0.703. The van der Waals surface area contributed by atoms with Crippen LogP contribution in [-0.4, -0.2) is 11.0 Å². The van der Waals surface area contributed by atoms with Crippen molar-refractivity contribution in [2.24, 2.45) is 0 Å². The smallest absolute Gasteiger partial charge is 0.168 e. The third kappa shape index (κ3) is 3.21. The molecule has 0 aliphatic rings. The molecule has 0 aromatic carbocycles. The van der Waals surface area contributed by atoms with Crippen LogP contribution in [0.3, 0.4) is 0 Å². The van der Waals surface area contributed by atoms with Gasteiger partial charge in [-0.1, -0.05) is 6.92 Å². The van der Waals surface area contributed by atoms with E-state index in [4.69, 9.17) is 6.42 Å². The minimum Gasteiger partial charge on any atom is -0.364 e. The second kappa shape index (κ2) is 5.30. The first-order valence-corrected chi connectivity index (χ1v) is 4.68. The van der Waals surface area contributed by atoms with Gasteiger partial charge in [-0.2, -0.15) is 0 Å². The molecule has 1 N–H and O–H groups in total. The summed E-state index contributed by atoms with van der Waals surface area (Å²) >= 11 is 0. The molecule has 0 aliphatic heterocycles. The lowest BCUT2D eigenvalue weighted by atomic mass is 10.1. The van der Waals surface area contributed by atoms with Gasteiger partial charge in [-0.25, -0.2) is 13.8 Å². The van der Waals surface area contributed by atoms with Gasteiger partial charge < -0.3 is 5.32 Å². The first kappa shape index (κ1) is 11.4. The molecule has 0 saturated heterocycles. The van der Waals surface area contributed by atoms with Gasteiger partial charge in [-0.15, -0.1) is 12.3 Å². The van der Waals surface area contributed by atoms with Gasteiger partial charge in [0, 0.05) is 18.5 Å². The maximum Gasteiger partial charge on any atom is 0.168 e. The van der Waals surface area contributed by atoms with Gasteiger partial charge in [0.15, 0.2) is 11.6 Å². The Balaban J connectivity index is 2.75. The average molecular weight is 210 g/mol. The van der Waals surface area contributed by atoms with Crippen molar-refractivity contribution in [3.63, 3.8) is 0 Å². The van der Waals surface area contributed by atoms with Gasteiger partial charge in [0.2, 0.25) is 0 Å². The van der Waals surface area contributed by atoms with Gasteiger partial charge in [0.25, 0.3) is 0 Å². The summed E-state index contributed by atoms with van der Waals surface area (Å²) in [6.07, 6.45) is 7.36. The van der Waals surface area contributed by atoms with Gasteiger partial charge in [0.05, 0.1) is 6.20 Å². The number of aromatic nitrogens is 1. The van der Waals surface area contributed by atoms with E-state index >= 15 is 0 Å². The predicted molar refractivity (Wildman–Crippen MR) is 55.3 cm³/mol. The van der Waals surface area contributed by atoms with Crippen LogP contribution in [0, 0.1) is 24.0 Å². The summed E-state index contributed by atoms with van der Waals surface area (Å²) in [5.74, 6) is 1.13. The molecule has 0 fully saturated rings. The molecule has 2 nitrogen and oxygen atoms in total. The highest BCUT2D eigenvalue weighted by Crippen LogP contribution is 2.14. The maximum absolute atomic E-state index is 13.2. The topological polar surface area (TPSA) is 24.9 Å². The molecule has 0 amide bonds. The maximum atomic E-state index is 13.2. The third-order valence-electron chi connectivity index (χ3n) is 2.01. The molecule has 0 saturated carbocycles. The Morgan fingerprint density at radius 2 is 2.33 bits per heavy atom. The molecule has 1 heterocycles. The van der Waals surface area contributed by atoms with Crippen LogP contribution < -0.4 is 5.32 Å². The molecule has 1 rings (SSSR count). The largest absolute Gasteiger partial charge is 0.364 e.